The fourth-order valence-corrected chi connectivity index (χ4v) is 4.37. The number of thioether (sulfide) groups is 1. The molecule has 0 aliphatic carbocycles. The Balaban J connectivity index is 1.92. The van der Waals surface area contributed by atoms with Crippen molar-refractivity contribution < 1.29 is 14.3 Å². The van der Waals surface area contributed by atoms with Crippen LogP contribution in [0.25, 0.3) is 6.08 Å². The molecule has 1 aliphatic heterocycles. The molecule has 1 fully saturated rings. The van der Waals surface area contributed by atoms with Gasteiger partial charge in [-0.2, -0.15) is 0 Å². The van der Waals surface area contributed by atoms with Gasteiger partial charge in [-0.1, -0.05) is 53.2 Å². The summed E-state index contributed by atoms with van der Waals surface area (Å²) in [5.74, 6) is 1.03. The van der Waals surface area contributed by atoms with Gasteiger partial charge in [-0.25, -0.2) is 0 Å². The molecule has 27 heavy (non-hydrogen) atoms. The highest BCUT2D eigenvalue weighted by Crippen LogP contribution is 2.38. The van der Waals surface area contributed by atoms with E-state index in [4.69, 9.17) is 44.9 Å². The number of nitrogens with zero attached hydrogens (tertiary/aromatic N) is 1. The molecule has 3 rings (SSSR count). The lowest BCUT2D eigenvalue weighted by Gasteiger charge is -2.15. The van der Waals surface area contributed by atoms with Crippen molar-refractivity contribution in [2.24, 2.45) is 0 Å². The van der Waals surface area contributed by atoms with E-state index in [1.54, 1.807) is 31.4 Å². The number of carbonyl (C=O) groups excluding carboxylic acids is 1. The van der Waals surface area contributed by atoms with E-state index in [-0.39, 0.29) is 5.91 Å². The third-order valence-electron chi connectivity index (χ3n) is 3.68. The van der Waals surface area contributed by atoms with E-state index in [2.05, 4.69) is 0 Å². The van der Waals surface area contributed by atoms with Gasteiger partial charge in [0.1, 0.15) is 0 Å². The van der Waals surface area contributed by atoms with Crippen LogP contribution in [0.1, 0.15) is 12.5 Å². The summed E-state index contributed by atoms with van der Waals surface area (Å²) in [6.07, 6.45) is 1.77. The summed E-state index contributed by atoms with van der Waals surface area (Å²) in [4.78, 5) is 14.8. The lowest BCUT2D eigenvalue weighted by molar-refractivity contribution is -0.113. The minimum Gasteiger partial charge on any atom is -0.493 e. The van der Waals surface area contributed by atoms with Crippen molar-refractivity contribution in [1.82, 2.24) is 0 Å². The van der Waals surface area contributed by atoms with E-state index in [1.807, 2.05) is 25.1 Å². The van der Waals surface area contributed by atoms with Crippen molar-refractivity contribution in [3.63, 3.8) is 0 Å². The number of halogens is 2. The average molecular weight is 440 g/mol. The summed E-state index contributed by atoms with van der Waals surface area (Å²) in [5, 5.41) is 0.874. The van der Waals surface area contributed by atoms with E-state index in [0.717, 1.165) is 5.56 Å². The van der Waals surface area contributed by atoms with Crippen LogP contribution in [0.15, 0.2) is 41.3 Å². The van der Waals surface area contributed by atoms with Crippen LogP contribution >= 0.6 is 47.2 Å². The quantitative estimate of drug-likeness (QED) is 0.434. The summed E-state index contributed by atoms with van der Waals surface area (Å²) in [7, 11) is 1.57. The molecule has 0 radical (unpaired) electrons. The Labute approximate surface area is 177 Å². The largest absolute Gasteiger partial charge is 0.493 e. The normalized spacial score (nSPS) is 15.6. The number of amides is 1. The topological polar surface area (TPSA) is 38.8 Å². The summed E-state index contributed by atoms with van der Waals surface area (Å²) < 4.78 is 11.3. The molecule has 0 unspecified atom stereocenters. The molecule has 140 valence electrons. The minimum absolute atomic E-state index is 0.226. The minimum atomic E-state index is -0.226. The number of rotatable bonds is 5. The van der Waals surface area contributed by atoms with Gasteiger partial charge in [0, 0.05) is 10.0 Å². The fraction of sp³-hybridized carbons (Fsp3) is 0.158. The van der Waals surface area contributed by atoms with Crippen molar-refractivity contribution in [3.8, 4) is 11.5 Å². The van der Waals surface area contributed by atoms with Crippen LogP contribution in [0, 0.1) is 0 Å². The summed E-state index contributed by atoms with van der Waals surface area (Å²) in [6, 6.07) is 10.4. The van der Waals surface area contributed by atoms with Crippen molar-refractivity contribution in [1.29, 1.82) is 0 Å². The second-order valence-electron chi connectivity index (χ2n) is 5.49. The van der Waals surface area contributed by atoms with E-state index < -0.39 is 0 Å². The molecule has 0 spiro atoms. The van der Waals surface area contributed by atoms with Crippen LogP contribution in [0.4, 0.5) is 5.69 Å². The molecule has 0 aromatic heterocycles. The fourth-order valence-electron chi connectivity index (χ4n) is 2.56. The number of carbonyl (C=O) groups is 1. The molecule has 0 bridgehead atoms. The van der Waals surface area contributed by atoms with E-state index >= 15 is 0 Å². The molecular formula is C19H15Cl2NO3S2. The average Bonchev–Trinajstić information content (AvgIpc) is 2.89. The van der Waals surface area contributed by atoms with Gasteiger partial charge in [-0.05, 0) is 48.9 Å². The molecule has 0 atom stereocenters. The number of ether oxygens (including phenoxy) is 2. The summed E-state index contributed by atoms with van der Waals surface area (Å²) in [5.41, 5.74) is 1.35. The molecule has 2 aromatic carbocycles. The summed E-state index contributed by atoms with van der Waals surface area (Å²) >= 11 is 18.7. The van der Waals surface area contributed by atoms with Crippen LogP contribution in [0.2, 0.25) is 10.0 Å². The highest BCUT2D eigenvalue weighted by Gasteiger charge is 2.33. The zero-order chi connectivity index (χ0) is 19.6. The summed E-state index contributed by atoms with van der Waals surface area (Å²) in [6.45, 7) is 2.44. The first kappa shape index (κ1) is 20.0. The zero-order valence-corrected chi connectivity index (χ0v) is 17.6. The van der Waals surface area contributed by atoms with E-state index in [1.165, 1.54) is 16.7 Å². The Kier molecular flexibility index (Phi) is 6.32. The highest BCUT2D eigenvalue weighted by atomic mass is 35.5. The number of thiocarbonyl (C=S) groups is 1. The van der Waals surface area contributed by atoms with Crippen molar-refractivity contribution in [3.05, 3.63) is 56.9 Å². The maximum absolute atomic E-state index is 12.9. The van der Waals surface area contributed by atoms with Crippen LogP contribution < -0.4 is 14.4 Å². The van der Waals surface area contributed by atoms with Gasteiger partial charge in [0.2, 0.25) is 0 Å². The van der Waals surface area contributed by atoms with Crippen LogP contribution in [-0.4, -0.2) is 23.9 Å². The van der Waals surface area contributed by atoms with Gasteiger partial charge < -0.3 is 9.47 Å². The maximum atomic E-state index is 12.9. The van der Waals surface area contributed by atoms with Gasteiger partial charge in [0.25, 0.3) is 5.91 Å². The number of benzene rings is 2. The predicted octanol–water partition coefficient (Wildman–Crippen LogP) is 5.81. The molecule has 2 aromatic rings. The number of hydrogen-bond acceptors (Lipinski definition) is 5. The second-order valence-corrected chi connectivity index (χ2v) is 8.04. The number of hydrogen-bond donors (Lipinski definition) is 0. The highest BCUT2D eigenvalue weighted by molar-refractivity contribution is 8.27. The first-order chi connectivity index (χ1) is 12.9. The van der Waals surface area contributed by atoms with Crippen LogP contribution in [-0.2, 0) is 4.79 Å². The molecular weight excluding hydrogens is 425 g/mol. The molecule has 0 N–H and O–H groups in total. The monoisotopic (exact) mass is 439 g/mol. The first-order valence-corrected chi connectivity index (χ1v) is 9.96. The smallest absolute Gasteiger partial charge is 0.270 e. The maximum Gasteiger partial charge on any atom is 0.270 e. The Morgan fingerprint density at radius 1 is 1.15 bits per heavy atom. The Morgan fingerprint density at radius 3 is 2.48 bits per heavy atom. The van der Waals surface area contributed by atoms with Crippen molar-refractivity contribution >= 4 is 69.2 Å². The molecule has 1 aliphatic rings. The molecule has 8 heteroatoms. The molecule has 0 saturated carbocycles. The van der Waals surface area contributed by atoms with Crippen molar-refractivity contribution in [2.45, 2.75) is 6.92 Å². The van der Waals surface area contributed by atoms with E-state index in [0.29, 0.717) is 43.1 Å². The Hall–Kier alpha value is -1.73. The van der Waals surface area contributed by atoms with Gasteiger partial charge in [-0.15, -0.1) is 0 Å². The predicted molar refractivity (Wildman–Crippen MR) is 116 cm³/mol. The lowest BCUT2D eigenvalue weighted by Crippen LogP contribution is -2.27. The zero-order valence-electron chi connectivity index (χ0n) is 14.5. The standard InChI is InChI=1S/C19H15Cl2NO3S2/c1-3-25-15-5-4-11(6-16(15)24-2)7-17-18(23)22(19(26)27-17)14-9-12(20)8-13(21)10-14/h4-10H,3H2,1-2H3. The number of anilines is 1. The SMILES string of the molecule is CCOc1ccc(C=C2SC(=S)N(c3cc(Cl)cc(Cl)c3)C2=O)cc1OC. The Morgan fingerprint density at radius 2 is 1.85 bits per heavy atom. The van der Waals surface area contributed by atoms with Gasteiger partial charge in [0.15, 0.2) is 15.8 Å². The van der Waals surface area contributed by atoms with Gasteiger partial charge in [-0.3, -0.25) is 9.69 Å². The van der Waals surface area contributed by atoms with Crippen LogP contribution in [0.3, 0.4) is 0 Å². The van der Waals surface area contributed by atoms with Crippen LogP contribution in [0.5, 0.6) is 11.5 Å². The van der Waals surface area contributed by atoms with E-state index in [9.17, 15) is 4.79 Å². The Bertz CT molecular complexity index is 926. The lowest BCUT2D eigenvalue weighted by atomic mass is 10.2. The molecule has 1 heterocycles. The molecule has 1 saturated heterocycles. The van der Waals surface area contributed by atoms with Gasteiger partial charge >= 0.3 is 0 Å². The number of methoxy groups -OCH3 is 1. The first-order valence-electron chi connectivity index (χ1n) is 7.97. The molecule has 1 amide bonds. The van der Waals surface area contributed by atoms with Gasteiger partial charge in [0.05, 0.1) is 24.3 Å². The third kappa shape index (κ3) is 4.41. The third-order valence-corrected chi connectivity index (χ3v) is 5.42. The second kappa shape index (κ2) is 8.52. The molecule has 4 nitrogen and oxygen atoms in total. The van der Waals surface area contributed by atoms with Crippen molar-refractivity contribution in [2.75, 3.05) is 18.6 Å².